The normalized spacial score (nSPS) is 28.6. The van der Waals surface area contributed by atoms with Crippen molar-refractivity contribution in [3.63, 3.8) is 0 Å². The molecule has 1 heterocycles. The van der Waals surface area contributed by atoms with Gasteiger partial charge in [0.1, 0.15) is 0 Å². The quantitative estimate of drug-likeness (QED) is 0.497. The maximum atomic E-state index is 10.3. The number of nitrogens with zero attached hydrogens (tertiary/aromatic N) is 1. The Bertz CT molecular complexity index is 141. The molecule has 2 aliphatic rings. The van der Waals surface area contributed by atoms with E-state index in [0.717, 1.165) is 19.5 Å². The summed E-state index contributed by atoms with van der Waals surface area (Å²) in [6.07, 6.45) is 6.33. The largest absolute Gasteiger partial charge is 0.345 e. The Labute approximate surface area is 61.2 Å². The lowest BCUT2D eigenvalue weighted by atomic mass is 9.94. The van der Waals surface area contributed by atoms with Gasteiger partial charge in [-0.25, -0.2) is 0 Å². The molecular weight excluding hydrogens is 126 g/mol. The Hall–Kier alpha value is -0.530. The van der Waals surface area contributed by atoms with Crippen molar-refractivity contribution in [1.82, 2.24) is 4.90 Å². The Morgan fingerprint density at radius 2 is 1.70 bits per heavy atom. The van der Waals surface area contributed by atoms with Crippen LogP contribution in [0.25, 0.3) is 0 Å². The van der Waals surface area contributed by atoms with Gasteiger partial charge in [-0.3, -0.25) is 4.79 Å². The number of likely N-dealkylation sites (tertiary alicyclic amines) is 1. The van der Waals surface area contributed by atoms with E-state index in [1.54, 1.807) is 0 Å². The van der Waals surface area contributed by atoms with Crippen LogP contribution in [0.5, 0.6) is 0 Å². The van der Waals surface area contributed by atoms with Crippen LogP contribution in [-0.2, 0) is 4.79 Å². The molecule has 2 fully saturated rings. The van der Waals surface area contributed by atoms with Crippen LogP contribution in [0.3, 0.4) is 0 Å². The predicted octanol–water partition coefficient (Wildman–Crippen LogP) is 1.02. The lowest BCUT2D eigenvalue weighted by molar-refractivity contribution is -0.119. The smallest absolute Gasteiger partial charge is 0.209 e. The minimum absolute atomic E-state index is 0.708. The third-order valence-corrected chi connectivity index (χ3v) is 2.96. The van der Waals surface area contributed by atoms with Crippen LogP contribution < -0.4 is 0 Å². The molecule has 0 aromatic carbocycles. The first-order chi connectivity index (χ1) is 4.85. The summed E-state index contributed by atoms with van der Waals surface area (Å²) in [4.78, 5) is 12.2. The second-order valence-electron chi connectivity index (χ2n) is 3.64. The maximum Gasteiger partial charge on any atom is 0.209 e. The lowest BCUT2D eigenvalue weighted by Gasteiger charge is -2.28. The highest BCUT2D eigenvalue weighted by molar-refractivity contribution is 5.47. The Kier molecular flexibility index (Phi) is 1.22. The predicted molar refractivity (Wildman–Crippen MR) is 38.5 cm³/mol. The molecule has 1 saturated heterocycles. The van der Waals surface area contributed by atoms with Gasteiger partial charge in [0.15, 0.2) is 0 Å². The van der Waals surface area contributed by atoms with Crippen molar-refractivity contribution in [3.05, 3.63) is 0 Å². The molecule has 0 aromatic heterocycles. The maximum absolute atomic E-state index is 10.3. The van der Waals surface area contributed by atoms with E-state index in [1.165, 1.54) is 25.7 Å². The summed E-state index contributed by atoms with van der Waals surface area (Å²) in [6.45, 7) is 2.01. The van der Waals surface area contributed by atoms with Crippen LogP contribution in [0, 0.1) is 5.41 Å². The van der Waals surface area contributed by atoms with Crippen LogP contribution in [0.1, 0.15) is 25.7 Å². The van der Waals surface area contributed by atoms with E-state index in [2.05, 4.69) is 0 Å². The molecule has 1 saturated carbocycles. The van der Waals surface area contributed by atoms with Crippen LogP contribution in [-0.4, -0.2) is 24.4 Å². The number of carbonyl (C=O) groups excluding carboxylic acids is 1. The van der Waals surface area contributed by atoms with Crippen molar-refractivity contribution in [2.45, 2.75) is 25.7 Å². The zero-order valence-electron chi connectivity index (χ0n) is 6.18. The second kappa shape index (κ2) is 1.97. The fourth-order valence-corrected chi connectivity index (χ4v) is 1.78. The molecule has 0 unspecified atom stereocenters. The zero-order chi connectivity index (χ0) is 7.03. The molecule has 10 heavy (non-hydrogen) atoms. The van der Waals surface area contributed by atoms with Gasteiger partial charge in [-0.1, -0.05) is 0 Å². The van der Waals surface area contributed by atoms with E-state index in [9.17, 15) is 4.79 Å². The SMILES string of the molecule is O=CN1CCC2(CC1)CC2. The van der Waals surface area contributed by atoms with Gasteiger partial charge in [0.2, 0.25) is 6.41 Å². The van der Waals surface area contributed by atoms with Gasteiger partial charge in [0.25, 0.3) is 0 Å². The summed E-state index contributed by atoms with van der Waals surface area (Å²) >= 11 is 0. The number of rotatable bonds is 1. The average Bonchev–Trinajstić information content (AvgIpc) is 2.72. The molecule has 1 spiro atoms. The minimum atomic E-state index is 0.708. The number of carbonyl (C=O) groups is 1. The summed E-state index contributed by atoms with van der Waals surface area (Å²) in [5.74, 6) is 0. The fraction of sp³-hybridized carbons (Fsp3) is 0.875. The van der Waals surface area contributed by atoms with Gasteiger partial charge >= 0.3 is 0 Å². The van der Waals surface area contributed by atoms with Gasteiger partial charge in [-0.05, 0) is 31.1 Å². The van der Waals surface area contributed by atoms with Gasteiger partial charge in [-0.2, -0.15) is 0 Å². The fourth-order valence-electron chi connectivity index (χ4n) is 1.78. The third-order valence-electron chi connectivity index (χ3n) is 2.96. The summed E-state index contributed by atoms with van der Waals surface area (Å²) in [5.41, 5.74) is 0.708. The summed E-state index contributed by atoms with van der Waals surface area (Å²) in [5, 5.41) is 0. The van der Waals surface area contributed by atoms with E-state index >= 15 is 0 Å². The number of piperidine rings is 1. The average molecular weight is 139 g/mol. The topological polar surface area (TPSA) is 20.3 Å². The van der Waals surface area contributed by atoms with Crippen LogP contribution >= 0.6 is 0 Å². The molecular formula is C8H13NO. The zero-order valence-corrected chi connectivity index (χ0v) is 6.18. The molecule has 56 valence electrons. The number of amides is 1. The molecule has 0 N–H and O–H groups in total. The van der Waals surface area contributed by atoms with E-state index in [1.807, 2.05) is 4.90 Å². The van der Waals surface area contributed by atoms with Crippen molar-refractivity contribution >= 4 is 6.41 Å². The van der Waals surface area contributed by atoms with E-state index in [4.69, 9.17) is 0 Å². The highest BCUT2D eigenvalue weighted by Gasteiger charge is 2.44. The van der Waals surface area contributed by atoms with Crippen LogP contribution in [0.15, 0.2) is 0 Å². The first kappa shape index (κ1) is 6.20. The van der Waals surface area contributed by atoms with Crippen molar-refractivity contribution < 1.29 is 4.79 Å². The van der Waals surface area contributed by atoms with Gasteiger partial charge in [0.05, 0.1) is 0 Å². The lowest BCUT2D eigenvalue weighted by Crippen LogP contribution is -2.33. The van der Waals surface area contributed by atoms with E-state index in [0.29, 0.717) is 5.41 Å². The molecule has 0 bridgehead atoms. The summed E-state index contributed by atoms with van der Waals surface area (Å²) in [7, 11) is 0. The summed E-state index contributed by atoms with van der Waals surface area (Å²) < 4.78 is 0. The molecule has 2 heteroatoms. The Morgan fingerprint density at radius 1 is 1.10 bits per heavy atom. The number of hydrogen-bond acceptors (Lipinski definition) is 1. The Morgan fingerprint density at radius 3 is 2.10 bits per heavy atom. The first-order valence-corrected chi connectivity index (χ1v) is 4.04. The highest BCUT2D eigenvalue weighted by atomic mass is 16.1. The van der Waals surface area contributed by atoms with Gasteiger partial charge in [0, 0.05) is 13.1 Å². The molecule has 0 aromatic rings. The monoisotopic (exact) mass is 139 g/mol. The van der Waals surface area contributed by atoms with Gasteiger partial charge < -0.3 is 4.90 Å². The third kappa shape index (κ3) is 0.917. The van der Waals surface area contributed by atoms with E-state index < -0.39 is 0 Å². The van der Waals surface area contributed by atoms with E-state index in [-0.39, 0.29) is 0 Å². The van der Waals surface area contributed by atoms with Crippen molar-refractivity contribution in [1.29, 1.82) is 0 Å². The molecule has 2 rings (SSSR count). The molecule has 1 aliphatic carbocycles. The molecule has 2 nitrogen and oxygen atoms in total. The molecule has 0 atom stereocenters. The van der Waals surface area contributed by atoms with Crippen molar-refractivity contribution in [2.24, 2.45) is 5.41 Å². The highest BCUT2D eigenvalue weighted by Crippen LogP contribution is 2.53. The standard InChI is InChI=1S/C8H13NO/c10-7-9-5-3-8(1-2-8)4-6-9/h7H,1-6H2. The van der Waals surface area contributed by atoms with Crippen molar-refractivity contribution in [2.75, 3.05) is 13.1 Å². The molecule has 0 radical (unpaired) electrons. The second-order valence-corrected chi connectivity index (χ2v) is 3.64. The van der Waals surface area contributed by atoms with Crippen LogP contribution in [0.4, 0.5) is 0 Å². The first-order valence-electron chi connectivity index (χ1n) is 4.04. The van der Waals surface area contributed by atoms with Crippen LogP contribution in [0.2, 0.25) is 0 Å². The molecule has 1 amide bonds. The minimum Gasteiger partial charge on any atom is -0.345 e. The summed E-state index contributed by atoms with van der Waals surface area (Å²) in [6, 6.07) is 0. The number of hydrogen-bond donors (Lipinski definition) is 0. The van der Waals surface area contributed by atoms with Crippen molar-refractivity contribution in [3.8, 4) is 0 Å². The van der Waals surface area contributed by atoms with Gasteiger partial charge in [-0.15, -0.1) is 0 Å². The Balaban J connectivity index is 1.89. The molecule has 1 aliphatic heterocycles.